The molecule has 0 spiro atoms. The van der Waals surface area contributed by atoms with Crippen molar-refractivity contribution in [2.45, 2.75) is 5.75 Å². The maximum Gasteiger partial charge on any atom is 0.270 e. The Morgan fingerprint density at radius 3 is 3.09 bits per heavy atom. The fourth-order valence-electron chi connectivity index (χ4n) is 1.89. The Morgan fingerprint density at radius 2 is 2.30 bits per heavy atom. The fourth-order valence-corrected chi connectivity index (χ4v) is 3.44. The second-order valence-corrected chi connectivity index (χ2v) is 6.63. The van der Waals surface area contributed by atoms with Gasteiger partial charge in [0.05, 0.1) is 12.0 Å². The first-order chi connectivity index (χ1) is 11.3. The van der Waals surface area contributed by atoms with Gasteiger partial charge in [-0.2, -0.15) is 11.8 Å². The highest BCUT2D eigenvalue weighted by atomic mass is 32.2. The lowest BCUT2D eigenvalue weighted by Crippen LogP contribution is -2.26. The van der Waals surface area contributed by atoms with Crippen molar-refractivity contribution in [2.75, 3.05) is 12.3 Å². The summed E-state index contributed by atoms with van der Waals surface area (Å²) in [6.07, 6.45) is 5.12. The topological polar surface area (TPSA) is 68.0 Å². The minimum atomic E-state index is -0.144. The maximum atomic E-state index is 12.1. The number of nitrogens with one attached hydrogen (secondary N) is 1. The van der Waals surface area contributed by atoms with Crippen LogP contribution in [-0.2, 0) is 5.75 Å². The second kappa shape index (κ2) is 7.94. The van der Waals surface area contributed by atoms with Crippen LogP contribution in [0.15, 0.2) is 52.7 Å². The number of aromatic nitrogens is 2. The van der Waals surface area contributed by atoms with Gasteiger partial charge in [-0.15, -0.1) is 11.3 Å². The first-order valence-corrected chi connectivity index (χ1v) is 9.10. The van der Waals surface area contributed by atoms with E-state index < -0.39 is 0 Å². The first-order valence-electron chi connectivity index (χ1n) is 7.07. The van der Waals surface area contributed by atoms with Gasteiger partial charge in [-0.05, 0) is 24.3 Å². The molecule has 0 radical (unpaired) electrons. The summed E-state index contributed by atoms with van der Waals surface area (Å²) in [6.45, 7) is 0.601. The van der Waals surface area contributed by atoms with E-state index in [0.29, 0.717) is 12.2 Å². The summed E-state index contributed by atoms with van der Waals surface area (Å²) in [5.74, 6) is 2.44. The molecule has 0 aliphatic carbocycles. The highest BCUT2D eigenvalue weighted by molar-refractivity contribution is 7.98. The molecule has 23 heavy (non-hydrogen) atoms. The van der Waals surface area contributed by atoms with Crippen LogP contribution >= 0.6 is 23.1 Å². The van der Waals surface area contributed by atoms with Gasteiger partial charge >= 0.3 is 0 Å². The van der Waals surface area contributed by atoms with Gasteiger partial charge in [0.2, 0.25) is 0 Å². The molecular weight excluding hydrogens is 330 g/mol. The number of amides is 1. The molecular formula is C16H15N3O2S2. The van der Waals surface area contributed by atoms with E-state index in [1.807, 2.05) is 24.3 Å². The molecule has 7 heteroatoms. The Bertz CT molecular complexity index is 742. The molecule has 3 aromatic heterocycles. The van der Waals surface area contributed by atoms with Crippen molar-refractivity contribution in [3.05, 3.63) is 59.8 Å². The third kappa shape index (κ3) is 4.43. The molecule has 0 saturated heterocycles. The SMILES string of the molecule is O=C(NCCSCc1ccco1)c1csc(-c2cccnc2)n1. The molecule has 118 valence electrons. The summed E-state index contributed by atoms with van der Waals surface area (Å²) in [4.78, 5) is 20.5. The lowest BCUT2D eigenvalue weighted by molar-refractivity contribution is 0.0952. The summed E-state index contributed by atoms with van der Waals surface area (Å²) < 4.78 is 5.25. The summed E-state index contributed by atoms with van der Waals surface area (Å²) >= 11 is 3.16. The first kappa shape index (κ1) is 15.8. The molecule has 1 N–H and O–H groups in total. The third-order valence-electron chi connectivity index (χ3n) is 3.00. The maximum absolute atomic E-state index is 12.1. The average Bonchev–Trinajstić information content (AvgIpc) is 3.27. The lowest BCUT2D eigenvalue weighted by Gasteiger charge is -2.02. The Labute approximate surface area is 142 Å². The van der Waals surface area contributed by atoms with Gasteiger partial charge in [0.25, 0.3) is 5.91 Å². The molecule has 0 fully saturated rings. The molecule has 0 aliphatic heterocycles. The van der Waals surface area contributed by atoms with Crippen LogP contribution in [0, 0.1) is 0 Å². The molecule has 1 amide bonds. The van der Waals surface area contributed by atoms with Crippen molar-refractivity contribution >= 4 is 29.0 Å². The molecule has 0 unspecified atom stereocenters. The van der Waals surface area contributed by atoms with Crippen molar-refractivity contribution in [1.82, 2.24) is 15.3 Å². The van der Waals surface area contributed by atoms with Crippen LogP contribution in [0.4, 0.5) is 0 Å². The van der Waals surface area contributed by atoms with E-state index in [2.05, 4.69) is 15.3 Å². The van der Waals surface area contributed by atoms with Gasteiger partial charge in [0.15, 0.2) is 0 Å². The van der Waals surface area contributed by atoms with Crippen LogP contribution in [0.5, 0.6) is 0 Å². The normalized spacial score (nSPS) is 10.6. The van der Waals surface area contributed by atoms with Crippen LogP contribution in [-0.4, -0.2) is 28.2 Å². The number of furan rings is 1. The van der Waals surface area contributed by atoms with Crippen LogP contribution in [0.1, 0.15) is 16.2 Å². The van der Waals surface area contributed by atoms with E-state index in [9.17, 15) is 4.79 Å². The number of hydrogen-bond acceptors (Lipinski definition) is 6. The minimum absolute atomic E-state index is 0.144. The zero-order valence-corrected chi connectivity index (χ0v) is 13.9. The fraction of sp³-hybridized carbons (Fsp3) is 0.188. The van der Waals surface area contributed by atoms with E-state index >= 15 is 0 Å². The second-order valence-electron chi connectivity index (χ2n) is 4.67. The number of pyridine rings is 1. The van der Waals surface area contributed by atoms with Gasteiger partial charge < -0.3 is 9.73 Å². The number of thioether (sulfide) groups is 1. The van der Waals surface area contributed by atoms with Crippen LogP contribution in [0.2, 0.25) is 0 Å². The molecule has 0 saturated carbocycles. The van der Waals surface area contributed by atoms with E-state index in [1.165, 1.54) is 11.3 Å². The molecule has 0 aromatic carbocycles. The number of carbonyl (C=O) groups excluding carboxylic acids is 1. The largest absolute Gasteiger partial charge is 0.468 e. The van der Waals surface area contributed by atoms with E-state index in [4.69, 9.17) is 4.42 Å². The van der Waals surface area contributed by atoms with Crippen molar-refractivity contribution in [3.63, 3.8) is 0 Å². The third-order valence-corrected chi connectivity index (χ3v) is 4.87. The van der Waals surface area contributed by atoms with Crippen molar-refractivity contribution in [3.8, 4) is 10.6 Å². The zero-order chi connectivity index (χ0) is 15.9. The predicted octanol–water partition coefficient (Wildman–Crippen LogP) is 3.46. The van der Waals surface area contributed by atoms with Crippen LogP contribution < -0.4 is 5.32 Å². The molecule has 0 aliphatic rings. The van der Waals surface area contributed by atoms with E-state index in [0.717, 1.165) is 27.8 Å². The van der Waals surface area contributed by atoms with Crippen molar-refractivity contribution < 1.29 is 9.21 Å². The number of thiazole rings is 1. The Morgan fingerprint density at radius 1 is 1.35 bits per heavy atom. The van der Waals surface area contributed by atoms with E-state index in [1.54, 1.807) is 35.8 Å². The quantitative estimate of drug-likeness (QED) is 0.664. The summed E-state index contributed by atoms with van der Waals surface area (Å²) in [7, 11) is 0. The Hall–Kier alpha value is -2.12. The standard InChI is InChI=1S/C16H15N3O2S2/c20-15(18-6-8-22-10-13-4-2-7-21-13)14-11-23-16(19-14)12-3-1-5-17-9-12/h1-5,7,9,11H,6,8,10H2,(H,18,20). The van der Waals surface area contributed by atoms with Gasteiger partial charge in [0.1, 0.15) is 16.5 Å². The van der Waals surface area contributed by atoms with Gasteiger partial charge in [0, 0.05) is 35.6 Å². The molecule has 3 heterocycles. The summed E-state index contributed by atoms with van der Waals surface area (Å²) in [5, 5.41) is 5.45. The van der Waals surface area contributed by atoms with Crippen molar-refractivity contribution in [1.29, 1.82) is 0 Å². The Balaban J connectivity index is 1.44. The smallest absolute Gasteiger partial charge is 0.270 e. The predicted molar refractivity (Wildman–Crippen MR) is 92.5 cm³/mol. The highest BCUT2D eigenvalue weighted by Crippen LogP contribution is 2.22. The molecule has 0 atom stereocenters. The van der Waals surface area contributed by atoms with Gasteiger partial charge in [-0.25, -0.2) is 4.98 Å². The van der Waals surface area contributed by atoms with Crippen LogP contribution in [0.25, 0.3) is 10.6 Å². The highest BCUT2D eigenvalue weighted by Gasteiger charge is 2.11. The molecule has 0 bridgehead atoms. The monoisotopic (exact) mass is 345 g/mol. The van der Waals surface area contributed by atoms with Gasteiger partial charge in [-0.1, -0.05) is 0 Å². The Kier molecular flexibility index (Phi) is 5.44. The van der Waals surface area contributed by atoms with E-state index in [-0.39, 0.29) is 5.91 Å². The number of carbonyl (C=O) groups is 1. The summed E-state index contributed by atoms with van der Waals surface area (Å²) in [6, 6.07) is 7.60. The van der Waals surface area contributed by atoms with Crippen LogP contribution in [0.3, 0.4) is 0 Å². The summed E-state index contributed by atoms with van der Waals surface area (Å²) in [5.41, 5.74) is 1.37. The van der Waals surface area contributed by atoms with Gasteiger partial charge in [-0.3, -0.25) is 9.78 Å². The number of hydrogen-bond donors (Lipinski definition) is 1. The molecule has 3 rings (SSSR count). The minimum Gasteiger partial charge on any atom is -0.468 e. The molecule has 5 nitrogen and oxygen atoms in total. The average molecular weight is 345 g/mol. The number of nitrogens with zero attached hydrogens (tertiary/aromatic N) is 2. The van der Waals surface area contributed by atoms with Crippen molar-refractivity contribution in [2.24, 2.45) is 0 Å². The molecule has 3 aromatic rings. The zero-order valence-electron chi connectivity index (χ0n) is 12.3. The lowest BCUT2D eigenvalue weighted by atomic mass is 10.3. The number of rotatable bonds is 7.